The highest BCUT2D eigenvalue weighted by Crippen LogP contribution is 2.15. The van der Waals surface area contributed by atoms with Crippen LogP contribution in [0.3, 0.4) is 0 Å². The molecule has 0 aliphatic rings. The van der Waals surface area contributed by atoms with Crippen LogP contribution in [0.25, 0.3) is 0 Å². The van der Waals surface area contributed by atoms with E-state index >= 15 is 0 Å². The minimum Gasteiger partial charge on any atom is -0.491 e. The Balaban J connectivity index is 1.77. The molecule has 2 aromatic carbocycles. The number of nitrogens with one attached hydrogen (secondary N) is 1. The molecule has 152 valence electrons. The predicted octanol–water partition coefficient (Wildman–Crippen LogP) is 3.19. The Kier molecular flexibility index (Phi) is 8.02. The number of hydrogen-bond acceptors (Lipinski definition) is 4. The molecule has 0 saturated heterocycles. The van der Waals surface area contributed by atoms with Gasteiger partial charge in [-0.3, -0.25) is 4.79 Å². The SMILES string of the molecule is CC(C)Oc1cccc(CNC(=O)CCCN(C)S(=O)(=O)c2ccccc2)c1. The van der Waals surface area contributed by atoms with Crippen LogP contribution in [-0.4, -0.2) is 38.3 Å². The standard InChI is InChI=1S/C21H28N2O4S/c1-17(2)27-19-10-7-9-18(15-19)16-22-21(24)13-8-14-23(3)28(25,26)20-11-5-4-6-12-20/h4-7,9-12,15,17H,8,13-14,16H2,1-3H3,(H,22,24). The Morgan fingerprint density at radius 2 is 1.82 bits per heavy atom. The Bertz CT molecular complexity index is 867. The molecule has 0 heterocycles. The van der Waals surface area contributed by atoms with Gasteiger partial charge in [0.1, 0.15) is 5.75 Å². The van der Waals surface area contributed by atoms with Gasteiger partial charge in [-0.15, -0.1) is 0 Å². The monoisotopic (exact) mass is 404 g/mol. The summed E-state index contributed by atoms with van der Waals surface area (Å²) in [7, 11) is -1.99. The van der Waals surface area contributed by atoms with Crippen LogP contribution in [0.15, 0.2) is 59.5 Å². The fourth-order valence-electron chi connectivity index (χ4n) is 2.64. The summed E-state index contributed by atoms with van der Waals surface area (Å²) in [5, 5.41) is 2.86. The lowest BCUT2D eigenvalue weighted by Crippen LogP contribution is -2.29. The smallest absolute Gasteiger partial charge is 0.242 e. The first-order valence-corrected chi connectivity index (χ1v) is 10.8. The van der Waals surface area contributed by atoms with Crippen molar-refractivity contribution in [1.82, 2.24) is 9.62 Å². The molecule has 0 aromatic heterocycles. The average Bonchev–Trinajstić information content (AvgIpc) is 2.66. The van der Waals surface area contributed by atoms with E-state index in [0.29, 0.717) is 13.0 Å². The van der Waals surface area contributed by atoms with Crippen LogP contribution < -0.4 is 10.1 Å². The normalized spacial score (nSPS) is 11.6. The van der Waals surface area contributed by atoms with E-state index in [-0.39, 0.29) is 29.9 Å². The molecule has 1 amide bonds. The number of nitrogens with zero attached hydrogens (tertiary/aromatic N) is 1. The first-order chi connectivity index (χ1) is 13.3. The van der Waals surface area contributed by atoms with Crippen LogP contribution in [0.2, 0.25) is 0 Å². The van der Waals surface area contributed by atoms with Crippen molar-refractivity contribution in [2.45, 2.75) is 44.2 Å². The third-order valence-electron chi connectivity index (χ3n) is 4.09. The lowest BCUT2D eigenvalue weighted by molar-refractivity contribution is -0.121. The van der Waals surface area contributed by atoms with Crippen molar-refractivity contribution >= 4 is 15.9 Å². The molecule has 2 aromatic rings. The number of hydrogen-bond donors (Lipinski definition) is 1. The summed E-state index contributed by atoms with van der Waals surface area (Å²) in [6, 6.07) is 15.9. The summed E-state index contributed by atoms with van der Waals surface area (Å²) >= 11 is 0. The van der Waals surface area contributed by atoms with E-state index < -0.39 is 10.0 Å². The highest BCUT2D eigenvalue weighted by molar-refractivity contribution is 7.89. The zero-order valence-electron chi connectivity index (χ0n) is 16.6. The van der Waals surface area contributed by atoms with Crippen molar-refractivity contribution in [1.29, 1.82) is 0 Å². The van der Waals surface area contributed by atoms with E-state index in [1.165, 1.54) is 11.4 Å². The van der Waals surface area contributed by atoms with Gasteiger partial charge in [-0.05, 0) is 50.1 Å². The second kappa shape index (κ2) is 10.2. The zero-order chi connectivity index (χ0) is 20.6. The molecule has 2 rings (SSSR count). The summed E-state index contributed by atoms with van der Waals surface area (Å²) in [6.07, 6.45) is 0.802. The molecule has 6 nitrogen and oxygen atoms in total. The van der Waals surface area contributed by atoms with Crippen molar-refractivity contribution in [3.8, 4) is 5.75 Å². The molecule has 0 spiro atoms. The minimum absolute atomic E-state index is 0.0917. The minimum atomic E-state index is -3.52. The Morgan fingerprint density at radius 3 is 2.50 bits per heavy atom. The van der Waals surface area contributed by atoms with Gasteiger partial charge < -0.3 is 10.1 Å². The number of sulfonamides is 1. The van der Waals surface area contributed by atoms with Crippen molar-refractivity contribution in [2.24, 2.45) is 0 Å². The van der Waals surface area contributed by atoms with E-state index in [2.05, 4.69) is 5.32 Å². The van der Waals surface area contributed by atoms with Gasteiger partial charge in [0.05, 0.1) is 11.0 Å². The van der Waals surface area contributed by atoms with Gasteiger partial charge in [-0.1, -0.05) is 30.3 Å². The number of amides is 1. The van der Waals surface area contributed by atoms with Crippen LogP contribution >= 0.6 is 0 Å². The van der Waals surface area contributed by atoms with Gasteiger partial charge in [0.25, 0.3) is 0 Å². The van der Waals surface area contributed by atoms with Crippen molar-refractivity contribution in [3.05, 3.63) is 60.2 Å². The first-order valence-electron chi connectivity index (χ1n) is 9.32. The van der Waals surface area contributed by atoms with Crippen LogP contribution in [0.4, 0.5) is 0 Å². The number of benzene rings is 2. The highest BCUT2D eigenvalue weighted by atomic mass is 32.2. The van der Waals surface area contributed by atoms with Gasteiger partial charge in [0.2, 0.25) is 15.9 Å². The van der Waals surface area contributed by atoms with E-state index in [1.54, 1.807) is 30.3 Å². The second-order valence-corrected chi connectivity index (χ2v) is 8.88. The van der Waals surface area contributed by atoms with Crippen molar-refractivity contribution in [3.63, 3.8) is 0 Å². The lowest BCUT2D eigenvalue weighted by atomic mass is 10.2. The topological polar surface area (TPSA) is 75.7 Å². The highest BCUT2D eigenvalue weighted by Gasteiger charge is 2.20. The van der Waals surface area contributed by atoms with Gasteiger partial charge in [0.15, 0.2) is 0 Å². The third kappa shape index (κ3) is 6.65. The molecule has 0 aliphatic heterocycles. The zero-order valence-corrected chi connectivity index (χ0v) is 17.4. The number of carbonyl (C=O) groups excluding carboxylic acids is 1. The molecule has 0 unspecified atom stereocenters. The summed E-state index contributed by atoms with van der Waals surface area (Å²) < 4.78 is 31.8. The molecule has 0 radical (unpaired) electrons. The van der Waals surface area contributed by atoms with E-state index in [1.807, 2.05) is 38.1 Å². The van der Waals surface area contributed by atoms with Crippen LogP contribution in [0, 0.1) is 0 Å². The fraction of sp³-hybridized carbons (Fsp3) is 0.381. The molecule has 0 aliphatic carbocycles. The van der Waals surface area contributed by atoms with Crippen molar-refractivity contribution in [2.75, 3.05) is 13.6 Å². The fourth-order valence-corrected chi connectivity index (χ4v) is 3.88. The van der Waals surface area contributed by atoms with Gasteiger partial charge in [0, 0.05) is 26.6 Å². The van der Waals surface area contributed by atoms with Crippen molar-refractivity contribution < 1.29 is 17.9 Å². The summed E-state index contributed by atoms with van der Waals surface area (Å²) in [6.45, 7) is 4.61. The maximum Gasteiger partial charge on any atom is 0.242 e. The average molecular weight is 405 g/mol. The van der Waals surface area contributed by atoms with E-state index in [4.69, 9.17) is 4.74 Å². The molecule has 0 fully saturated rings. The molecule has 28 heavy (non-hydrogen) atoms. The maximum atomic E-state index is 12.4. The quantitative estimate of drug-likeness (QED) is 0.660. The molecular weight excluding hydrogens is 376 g/mol. The van der Waals surface area contributed by atoms with Crippen LogP contribution in [-0.2, 0) is 21.4 Å². The molecule has 7 heteroatoms. The molecule has 1 N–H and O–H groups in total. The number of rotatable bonds is 10. The molecule has 0 atom stereocenters. The first kappa shape index (κ1) is 21.9. The summed E-state index contributed by atoms with van der Waals surface area (Å²) in [4.78, 5) is 12.3. The lowest BCUT2D eigenvalue weighted by Gasteiger charge is -2.17. The van der Waals surface area contributed by atoms with Gasteiger partial charge in [-0.25, -0.2) is 12.7 Å². The summed E-state index contributed by atoms with van der Waals surface area (Å²) in [5.74, 6) is 0.662. The Morgan fingerprint density at radius 1 is 1.11 bits per heavy atom. The largest absolute Gasteiger partial charge is 0.491 e. The number of ether oxygens (including phenoxy) is 1. The third-order valence-corrected chi connectivity index (χ3v) is 5.96. The predicted molar refractivity (Wildman–Crippen MR) is 110 cm³/mol. The van der Waals surface area contributed by atoms with Gasteiger partial charge in [-0.2, -0.15) is 0 Å². The van der Waals surface area contributed by atoms with Crippen LogP contribution in [0.5, 0.6) is 5.75 Å². The summed E-state index contributed by atoms with van der Waals surface area (Å²) in [5.41, 5.74) is 0.954. The van der Waals surface area contributed by atoms with Gasteiger partial charge >= 0.3 is 0 Å². The van der Waals surface area contributed by atoms with E-state index in [9.17, 15) is 13.2 Å². The molecule has 0 bridgehead atoms. The Labute approximate surface area is 167 Å². The molecular formula is C21H28N2O4S. The molecule has 0 saturated carbocycles. The van der Waals surface area contributed by atoms with E-state index in [0.717, 1.165) is 11.3 Å². The Hall–Kier alpha value is -2.38. The van der Waals surface area contributed by atoms with Crippen LogP contribution in [0.1, 0.15) is 32.3 Å². The second-order valence-electron chi connectivity index (χ2n) is 6.83. The maximum absolute atomic E-state index is 12.4. The number of carbonyl (C=O) groups is 1.